The molecule has 2 fully saturated rings. The minimum absolute atomic E-state index is 0.100. The summed E-state index contributed by atoms with van der Waals surface area (Å²) in [5.74, 6) is -0.751. The van der Waals surface area contributed by atoms with Gasteiger partial charge in [0.05, 0.1) is 4.90 Å². The predicted octanol–water partition coefficient (Wildman–Crippen LogP) is 1.51. The van der Waals surface area contributed by atoms with Crippen LogP contribution in [0.5, 0.6) is 0 Å². The van der Waals surface area contributed by atoms with E-state index in [0.29, 0.717) is 18.4 Å². The zero-order chi connectivity index (χ0) is 19.6. The summed E-state index contributed by atoms with van der Waals surface area (Å²) in [5.41, 5.74) is 6.55. The van der Waals surface area contributed by atoms with E-state index in [1.165, 1.54) is 10.4 Å². The van der Waals surface area contributed by atoms with Gasteiger partial charge in [0.2, 0.25) is 15.9 Å². The van der Waals surface area contributed by atoms with Gasteiger partial charge in [-0.05, 0) is 56.7 Å². The molecule has 0 atom stereocenters. The zero-order valence-corrected chi connectivity index (χ0v) is 16.5. The van der Waals surface area contributed by atoms with Crippen molar-refractivity contribution in [2.45, 2.75) is 43.9 Å². The van der Waals surface area contributed by atoms with Crippen molar-refractivity contribution >= 4 is 21.8 Å². The summed E-state index contributed by atoms with van der Waals surface area (Å²) in [6, 6.07) is 4.75. The third kappa shape index (κ3) is 4.16. The molecule has 2 aliphatic heterocycles. The van der Waals surface area contributed by atoms with Crippen LogP contribution in [-0.2, 0) is 14.8 Å². The lowest BCUT2D eigenvalue weighted by Gasteiger charge is -2.30. The Hall–Kier alpha value is -1.93. The zero-order valence-electron chi connectivity index (χ0n) is 15.7. The van der Waals surface area contributed by atoms with Gasteiger partial charge in [0.1, 0.15) is 0 Å². The standard InChI is InChI=1S/C19H27N3O4S/c1-14-5-6-16(13-17(14)19(24)21-9-3-2-4-10-21)27(25,26)22-11-7-15(8-12-22)18(20)23/h5-6,13,15H,2-4,7-12H2,1H3,(H2,20,23). The smallest absolute Gasteiger partial charge is 0.254 e. The van der Waals surface area contributed by atoms with E-state index in [2.05, 4.69) is 0 Å². The molecule has 27 heavy (non-hydrogen) atoms. The summed E-state index contributed by atoms with van der Waals surface area (Å²) < 4.78 is 27.4. The van der Waals surface area contributed by atoms with Gasteiger partial charge in [-0.1, -0.05) is 6.07 Å². The van der Waals surface area contributed by atoms with E-state index >= 15 is 0 Å². The molecule has 0 aromatic heterocycles. The number of nitrogens with zero attached hydrogens (tertiary/aromatic N) is 2. The SMILES string of the molecule is Cc1ccc(S(=O)(=O)N2CCC(C(N)=O)CC2)cc1C(=O)N1CCCCC1. The van der Waals surface area contributed by atoms with Crippen LogP contribution in [0.25, 0.3) is 0 Å². The molecule has 0 radical (unpaired) electrons. The Morgan fingerprint density at radius 3 is 2.26 bits per heavy atom. The maximum atomic E-state index is 13.0. The summed E-state index contributed by atoms with van der Waals surface area (Å²) in [7, 11) is -3.70. The number of nitrogens with two attached hydrogens (primary N) is 1. The Morgan fingerprint density at radius 1 is 1.04 bits per heavy atom. The number of aryl methyl sites for hydroxylation is 1. The summed E-state index contributed by atoms with van der Waals surface area (Å²) in [4.78, 5) is 26.1. The van der Waals surface area contributed by atoms with Crippen LogP contribution >= 0.6 is 0 Å². The average molecular weight is 394 g/mol. The van der Waals surface area contributed by atoms with Gasteiger partial charge in [-0.3, -0.25) is 9.59 Å². The van der Waals surface area contributed by atoms with Crippen LogP contribution in [0.3, 0.4) is 0 Å². The highest BCUT2D eigenvalue weighted by Gasteiger charge is 2.32. The van der Waals surface area contributed by atoms with Gasteiger partial charge in [-0.25, -0.2) is 8.42 Å². The fourth-order valence-corrected chi connectivity index (χ4v) is 5.29. The van der Waals surface area contributed by atoms with Gasteiger partial charge in [-0.15, -0.1) is 0 Å². The number of piperidine rings is 2. The number of amides is 2. The summed E-state index contributed by atoms with van der Waals surface area (Å²) in [5, 5.41) is 0. The van der Waals surface area contributed by atoms with Crippen molar-refractivity contribution in [1.82, 2.24) is 9.21 Å². The highest BCUT2D eigenvalue weighted by molar-refractivity contribution is 7.89. The Balaban J connectivity index is 1.82. The lowest BCUT2D eigenvalue weighted by molar-refractivity contribution is -0.122. The number of hydrogen-bond acceptors (Lipinski definition) is 4. The average Bonchev–Trinajstić information content (AvgIpc) is 2.68. The third-order valence-corrected chi connectivity index (χ3v) is 7.47. The molecule has 1 aromatic rings. The van der Waals surface area contributed by atoms with E-state index in [0.717, 1.165) is 37.9 Å². The number of rotatable bonds is 4. The second-order valence-corrected chi connectivity index (χ2v) is 9.35. The minimum Gasteiger partial charge on any atom is -0.369 e. The molecule has 2 aliphatic rings. The summed E-state index contributed by atoms with van der Waals surface area (Å²) >= 11 is 0. The molecule has 7 nitrogen and oxygen atoms in total. The first-order valence-corrected chi connectivity index (χ1v) is 10.9. The molecule has 148 valence electrons. The molecule has 0 bridgehead atoms. The van der Waals surface area contributed by atoms with Crippen LogP contribution < -0.4 is 5.73 Å². The van der Waals surface area contributed by atoms with E-state index in [9.17, 15) is 18.0 Å². The maximum absolute atomic E-state index is 13.0. The first kappa shape index (κ1) is 19.8. The number of likely N-dealkylation sites (tertiary alicyclic amines) is 1. The Morgan fingerprint density at radius 2 is 1.67 bits per heavy atom. The van der Waals surface area contributed by atoms with E-state index in [-0.39, 0.29) is 35.7 Å². The van der Waals surface area contributed by atoms with Gasteiger partial charge in [0.15, 0.2) is 0 Å². The van der Waals surface area contributed by atoms with Crippen LogP contribution in [-0.4, -0.2) is 55.6 Å². The molecular formula is C19H27N3O4S. The second-order valence-electron chi connectivity index (χ2n) is 7.41. The van der Waals surface area contributed by atoms with Crippen molar-refractivity contribution in [3.8, 4) is 0 Å². The molecule has 2 saturated heterocycles. The fraction of sp³-hybridized carbons (Fsp3) is 0.579. The summed E-state index contributed by atoms with van der Waals surface area (Å²) in [6.07, 6.45) is 3.95. The van der Waals surface area contributed by atoms with E-state index in [1.807, 2.05) is 6.92 Å². The van der Waals surface area contributed by atoms with Crippen molar-refractivity contribution in [3.63, 3.8) is 0 Å². The molecular weight excluding hydrogens is 366 g/mol. The van der Waals surface area contributed by atoms with E-state index in [1.54, 1.807) is 17.0 Å². The van der Waals surface area contributed by atoms with Crippen LogP contribution in [0.15, 0.2) is 23.1 Å². The van der Waals surface area contributed by atoms with Crippen LogP contribution in [0.1, 0.15) is 48.0 Å². The molecule has 2 heterocycles. The third-order valence-electron chi connectivity index (χ3n) is 5.58. The largest absolute Gasteiger partial charge is 0.369 e. The monoisotopic (exact) mass is 393 g/mol. The van der Waals surface area contributed by atoms with E-state index < -0.39 is 10.0 Å². The molecule has 8 heteroatoms. The number of carbonyl (C=O) groups excluding carboxylic acids is 2. The fourth-order valence-electron chi connectivity index (χ4n) is 3.79. The number of hydrogen-bond donors (Lipinski definition) is 1. The maximum Gasteiger partial charge on any atom is 0.254 e. The highest BCUT2D eigenvalue weighted by Crippen LogP contribution is 2.26. The van der Waals surface area contributed by atoms with Crippen molar-refractivity contribution in [2.75, 3.05) is 26.2 Å². The highest BCUT2D eigenvalue weighted by atomic mass is 32.2. The van der Waals surface area contributed by atoms with Crippen LogP contribution in [0.4, 0.5) is 0 Å². The molecule has 3 rings (SSSR count). The number of benzene rings is 1. The molecule has 2 N–H and O–H groups in total. The predicted molar refractivity (Wildman–Crippen MR) is 102 cm³/mol. The minimum atomic E-state index is -3.70. The van der Waals surface area contributed by atoms with Crippen molar-refractivity contribution in [2.24, 2.45) is 11.7 Å². The molecule has 2 amide bonds. The summed E-state index contributed by atoms with van der Waals surface area (Å²) in [6.45, 7) is 3.79. The van der Waals surface area contributed by atoms with E-state index in [4.69, 9.17) is 5.73 Å². The van der Waals surface area contributed by atoms with Gasteiger partial charge < -0.3 is 10.6 Å². The second kappa shape index (κ2) is 7.98. The van der Waals surface area contributed by atoms with Crippen LogP contribution in [0.2, 0.25) is 0 Å². The number of sulfonamides is 1. The molecule has 0 unspecified atom stereocenters. The molecule has 0 aliphatic carbocycles. The normalized spacial score (nSPS) is 19.8. The number of carbonyl (C=O) groups is 2. The van der Waals surface area contributed by atoms with Gasteiger partial charge in [0, 0.05) is 37.7 Å². The van der Waals surface area contributed by atoms with Gasteiger partial charge >= 0.3 is 0 Å². The van der Waals surface area contributed by atoms with Gasteiger partial charge in [-0.2, -0.15) is 4.31 Å². The first-order chi connectivity index (χ1) is 12.8. The quantitative estimate of drug-likeness (QED) is 0.838. The Labute approximate surface area is 160 Å². The molecule has 1 aromatic carbocycles. The lowest BCUT2D eigenvalue weighted by atomic mass is 9.98. The lowest BCUT2D eigenvalue weighted by Crippen LogP contribution is -2.41. The van der Waals surface area contributed by atoms with Crippen LogP contribution in [0, 0.1) is 12.8 Å². The van der Waals surface area contributed by atoms with Crippen molar-refractivity contribution in [1.29, 1.82) is 0 Å². The Kier molecular flexibility index (Phi) is 5.86. The van der Waals surface area contributed by atoms with Crippen molar-refractivity contribution < 1.29 is 18.0 Å². The molecule has 0 spiro atoms. The topological polar surface area (TPSA) is 101 Å². The molecule has 0 saturated carbocycles. The number of primary amides is 1. The Bertz CT molecular complexity index is 823. The van der Waals surface area contributed by atoms with Crippen molar-refractivity contribution in [3.05, 3.63) is 29.3 Å². The first-order valence-electron chi connectivity index (χ1n) is 9.50. The van der Waals surface area contributed by atoms with Gasteiger partial charge in [0.25, 0.3) is 5.91 Å².